The number of carbonyl (C=O) groups excluding carboxylic acids is 2. The van der Waals surface area contributed by atoms with Crippen LogP contribution in [-0.2, 0) is 6.54 Å². The quantitative estimate of drug-likeness (QED) is 0.322. The topological polar surface area (TPSA) is 108 Å². The van der Waals surface area contributed by atoms with Crippen LogP contribution in [0.15, 0.2) is 59.4 Å². The van der Waals surface area contributed by atoms with Crippen LogP contribution in [0.2, 0.25) is 0 Å². The summed E-state index contributed by atoms with van der Waals surface area (Å²) < 4.78 is 7.13. The first-order valence-corrected chi connectivity index (χ1v) is 13.3. The molecule has 9 nitrogen and oxygen atoms in total. The number of pyridine rings is 1. The Morgan fingerprint density at radius 2 is 1.87 bits per heavy atom. The van der Waals surface area contributed by atoms with Crippen molar-refractivity contribution in [2.24, 2.45) is 5.92 Å². The third-order valence-electron chi connectivity index (χ3n) is 7.59. The van der Waals surface area contributed by atoms with Crippen molar-refractivity contribution >= 4 is 33.5 Å². The van der Waals surface area contributed by atoms with Gasteiger partial charge in [0.1, 0.15) is 11.1 Å². The van der Waals surface area contributed by atoms with Gasteiger partial charge in [-0.1, -0.05) is 48.5 Å². The minimum absolute atomic E-state index is 0.121. The van der Waals surface area contributed by atoms with Crippen molar-refractivity contribution in [3.8, 4) is 5.75 Å². The highest BCUT2D eigenvalue weighted by atomic mass is 16.5. The normalized spacial score (nSPS) is 16.0. The van der Waals surface area contributed by atoms with E-state index >= 15 is 0 Å². The second-order valence-corrected chi connectivity index (χ2v) is 10.2. The molecule has 0 radical (unpaired) electrons. The van der Waals surface area contributed by atoms with Crippen LogP contribution in [0.5, 0.6) is 5.75 Å². The fraction of sp³-hybridized carbons (Fsp3) is 0.367. The van der Waals surface area contributed by atoms with Crippen LogP contribution in [0, 0.1) is 5.92 Å². The van der Waals surface area contributed by atoms with Crippen molar-refractivity contribution in [1.29, 1.82) is 0 Å². The zero-order valence-electron chi connectivity index (χ0n) is 22.4. The average molecular weight is 531 g/mol. The summed E-state index contributed by atoms with van der Waals surface area (Å²) >= 11 is 0. The van der Waals surface area contributed by atoms with Crippen LogP contribution in [0.25, 0.3) is 21.8 Å². The zero-order valence-corrected chi connectivity index (χ0v) is 22.4. The van der Waals surface area contributed by atoms with Crippen molar-refractivity contribution in [3.05, 3.63) is 76.2 Å². The number of aliphatic hydroxyl groups is 1. The number of β-amino-alcohol motifs (C(OH)–C–C–N with tert-alkyl or cyclic N) is 1. The van der Waals surface area contributed by atoms with E-state index in [2.05, 4.69) is 9.88 Å². The van der Waals surface area contributed by atoms with Gasteiger partial charge in [0.2, 0.25) is 0 Å². The summed E-state index contributed by atoms with van der Waals surface area (Å²) in [6, 6.07) is 16.2. The molecule has 1 aliphatic rings. The molecule has 1 saturated heterocycles. The molecule has 0 spiro atoms. The predicted molar refractivity (Wildman–Crippen MR) is 151 cm³/mol. The number of methoxy groups -OCH3 is 1. The number of H-pyrrole nitrogens is 1. The first kappa shape index (κ1) is 26.6. The molecule has 1 aliphatic heterocycles. The first-order chi connectivity index (χ1) is 18.9. The van der Waals surface area contributed by atoms with Crippen LogP contribution in [-0.4, -0.2) is 83.1 Å². The molecule has 0 aliphatic carbocycles. The molecular weight excluding hydrogens is 496 g/mol. The number of hydrogen-bond donors (Lipinski definition) is 2. The van der Waals surface area contributed by atoms with Crippen molar-refractivity contribution < 1.29 is 19.4 Å². The number of rotatable bonds is 9. The molecule has 2 N–H and O–H groups in total. The highest BCUT2D eigenvalue weighted by Gasteiger charge is 2.29. The van der Waals surface area contributed by atoms with Crippen LogP contribution >= 0.6 is 0 Å². The third-order valence-corrected chi connectivity index (χ3v) is 7.59. The molecule has 204 valence electrons. The molecule has 1 atom stereocenters. The third kappa shape index (κ3) is 5.20. The summed E-state index contributed by atoms with van der Waals surface area (Å²) in [5.74, 6) is 0.0222. The highest BCUT2D eigenvalue weighted by molar-refractivity contribution is 6.11. The Morgan fingerprint density at radius 1 is 1.13 bits per heavy atom. The molecule has 4 aromatic rings. The summed E-state index contributed by atoms with van der Waals surface area (Å²) in [5, 5.41) is 10.3. The fourth-order valence-electron chi connectivity index (χ4n) is 5.73. The van der Waals surface area contributed by atoms with E-state index in [-0.39, 0.29) is 47.6 Å². The Bertz CT molecular complexity index is 1560. The van der Waals surface area contributed by atoms with E-state index in [1.807, 2.05) is 24.3 Å². The van der Waals surface area contributed by atoms with Crippen LogP contribution in [0.4, 0.5) is 0 Å². The summed E-state index contributed by atoms with van der Waals surface area (Å²) in [6.07, 6.45) is 2.03. The minimum atomic E-state index is -0.394. The number of aliphatic hydroxyl groups excluding tert-OH is 1. The number of para-hydroxylation sites is 1. The maximum Gasteiger partial charge on any atom is 0.273 e. The molecule has 1 amide bonds. The number of benzene rings is 2. The van der Waals surface area contributed by atoms with E-state index in [1.54, 1.807) is 42.3 Å². The molecule has 5 rings (SSSR count). The van der Waals surface area contributed by atoms with Gasteiger partial charge in [-0.3, -0.25) is 19.0 Å². The standard InChI is InChI=1S/C30H34N4O5/c1-32(17-20-9-8-14-33(18-20)15-16-35)30(38)27-28(39-2)25-26(31-27)22-12-6-7-13-23(22)34(29(25)37)19-24(36)21-10-4-3-5-11-21/h3-7,10-13,20,31,35H,8-9,14-19H2,1-2H3. The molecule has 1 unspecified atom stereocenters. The number of fused-ring (bicyclic) bond motifs is 3. The van der Waals surface area contributed by atoms with Crippen molar-refractivity contribution in [2.45, 2.75) is 19.4 Å². The van der Waals surface area contributed by atoms with Gasteiger partial charge < -0.3 is 24.6 Å². The van der Waals surface area contributed by atoms with Gasteiger partial charge in [-0.05, 0) is 31.4 Å². The molecule has 2 aromatic carbocycles. The van der Waals surface area contributed by atoms with Crippen LogP contribution in [0.3, 0.4) is 0 Å². The maximum atomic E-state index is 13.9. The Balaban J connectivity index is 1.53. The lowest BCUT2D eigenvalue weighted by Gasteiger charge is -2.34. The summed E-state index contributed by atoms with van der Waals surface area (Å²) in [5.41, 5.74) is 1.45. The van der Waals surface area contributed by atoms with Gasteiger partial charge >= 0.3 is 0 Å². The summed E-state index contributed by atoms with van der Waals surface area (Å²) in [7, 11) is 3.20. The Hall–Kier alpha value is -3.95. The van der Waals surface area contributed by atoms with E-state index in [0.29, 0.717) is 29.7 Å². The lowest BCUT2D eigenvalue weighted by Crippen LogP contribution is -2.42. The van der Waals surface area contributed by atoms with Gasteiger partial charge in [-0.25, -0.2) is 0 Å². The molecule has 9 heteroatoms. The summed E-state index contributed by atoms with van der Waals surface area (Å²) in [4.78, 5) is 47.7. The van der Waals surface area contributed by atoms with E-state index in [0.717, 1.165) is 31.3 Å². The Kier molecular flexibility index (Phi) is 7.81. The largest absolute Gasteiger partial charge is 0.493 e. The van der Waals surface area contributed by atoms with E-state index in [9.17, 15) is 19.5 Å². The molecule has 3 heterocycles. The number of nitrogens with zero attached hydrogens (tertiary/aromatic N) is 3. The number of amides is 1. The zero-order chi connectivity index (χ0) is 27.5. The number of hydrogen-bond acceptors (Lipinski definition) is 6. The number of carbonyl (C=O) groups is 2. The minimum Gasteiger partial charge on any atom is -0.493 e. The molecule has 2 aromatic heterocycles. The molecular formula is C30H34N4O5. The Labute approximate surface area is 226 Å². The number of Topliss-reactive ketones (excluding diaryl/α,β-unsaturated/α-hetero) is 1. The van der Waals surface area contributed by atoms with Crippen molar-refractivity contribution in [1.82, 2.24) is 19.4 Å². The number of ether oxygens (including phenoxy) is 1. The number of aromatic amines is 1. The SMILES string of the molecule is COc1c(C(=O)N(C)CC2CCCN(CCO)C2)[nH]c2c1c(=O)n(CC(=O)c1ccccc1)c1ccccc21. The number of aromatic nitrogens is 2. The molecule has 0 saturated carbocycles. The number of ketones is 1. The second-order valence-electron chi connectivity index (χ2n) is 10.2. The van der Waals surface area contributed by atoms with E-state index in [1.165, 1.54) is 11.7 Å². The average Bonchev–Trinajstić information content (AvgIpc) is 3.35. The van der Waals surface area contributed by atoms with Gasteiger partial charge in [-0.2, -0.15) is 0 Å². The maximum absolute atomic E-state index is 13.9. The van der Waals surface area contributed by atoms with Crippen LogP contribution in [0.1, 0.15) is 33.7 Å². The van der Waals surface area contributed by atoms with E-state index in [4.69, 9.17) is 4.74 Å². The number of piperidine rings is 1. The van der Waals surface area contributed by atoms with Crippen LogP contribution < -0.4 is 10.3 Å². The van der Waals surface area contributed by atoms with Crippen molar-refractivity contribution in [2.75, 3.05) is 46.9 Å². The number of likely N-dealkylation sites (tertiary alicyclic amines) is 1. The van der Waals surface area contributed by atoms with Gasteiger partial charge in [0.25, 0.3) is 11.5 Å². The predicted octanol–water partition coefficient (Wildman–Crippen LogP) is 3.15. The number of nitrogens with one attached hydrogen (secondary N) is 1. The lowest BCUT2D eigenvalue weighted by atomic mass is 9.97. The van der Waals surface area contributed by atoms with Gasteiger partial charge in [0.15, 0.2) is 11.5 Å². The molecule has 1 fully saturated rings. The first-order valence-electron chi connectivity index (χ1n) is 13.3. The molecule has 0 bridgehead atoms. The lowest BCUT2D eigenvalue weighted by molar-refractivity contribution is 0.0709. The fourth-order valence-corrected chi connectivity index (χ4v) is 5.73. The van der Waals surface area contributed by atoms with Gasteiger partial charge in [0, 0.05) is 37.6 Å². The van der Waals surface area contributed by atoms with Gasteiger partial charge in [-0.15, -0.1) is 0 Å². The Morgan fingerprint density at radius 3 is 2.62 bits per heavy atom. The highest BCUT2D eigenvalue weighted by Crippen LogP contribution is 2.33. The second kappa shape index (κ2) is 11.4. The monoisotopic (exact) mass is 530 g/mol. The molecule has 39 heavy (non-hydrogen) atoms. The van der Waals surface area contributed by atoms with Gasteiger partial charge in [0.05, 0.1) is 31.3 Å². The summed E-state index contributed by atoms with van der Waals surface area (Å²) in [6.45, 7) is 2.95. The smallest absolute Gasteiger partial charge is 0.273 e. The van der Waals surface area contributed by atoms with E-state index < -0.39 is 5.56 Å². The van der Waals surface area contributed by atoms with Crippen molar-refractivity contribution in [3.63, 3.8) is 0 Å².